The van der Waals surface area contributed by atoms with E-state index >= 15 is 0 Å². The van der Waals surface area contributed by atoms with Gasteiger partial charge in [0.25, 0.3) is 5.91 Å². The molecule has 0 bridgehead atoms. The molecule has 4 rings (SSSR count). The topological polar surface area (TPSA) is 106 Å². The molecule has 2 aromatic rings. The molecule has 9 heteroatoms. The van der Waals surface area contributed by atoms with E-state index in [1.807, 2.05) is 12.1 Å². The van der Waals surface area contributed by atoms with Crippen molar-refractivity contribution in [1.82, 2.24) is 15.5 Å². The molecule has 0 saturated carbocycles. The van der Waals surface area contributed by atoms with Crippen LogP contribution in [0.5, 0.6) is 17.2 Å². The van der Waals surface area contributed by atoms with Crippen molar-refractivity contribution >= 4 is 17.8 Å². The Balaban J connectivity index is 1.46. The van der Waals surface area contributed by atoms with E-state index < -0.39 is 29.4 Å². The van der Waals surface area contributed by atoms with Gasteiger partial charge in [0.1, 0.15) is 17.3 Å². The fourth-order valence-electron chi connectivity index (χ4n) is 3.61. The molecule has 2 N–H and O–H groups in total. The number of ether oxygens (including phenoxy) is 3. The van der Waals surface area contributed by atoms with E-state index in [9.17, 15) is 14.4 Å². The number of hydrogen-bond donors (Lipinski definition) is 2. The number of carbonyl (C=O) groups excluding carboxylic acids is 3. The molecular weight excluding hydrogens is 402 g/mol. The zero-order valence-electron chi connectivity index (χ0n) is 17.4. The molecule has 0 radical (unpaired) electrons. The second-order valence-electron chi connectivity index (χ2n) is 7.54. The zero-order valence-corrected chi connectivity index (χ0v) is 17.4. The van der Waals surface area contributed by atoms with Gasteiger partial charge in [-0.15, -0.1) is 0 Å². The molecule has 2 atom stereocenters. The van der Waals surface area contributed by atoms with Gasteiger partial charge in [0, 0.05) is 6.54 Å². The number of fused-ring (bicyclic) bond motifs is 1. The number of benzene rings is 2. The fourth-order valence-corrected chi connectivity index (χ4v) is 3.61. The van der Waals surface area contributed by atoms with Crippen molar-refractivity contribution in [2.75, 3.05) is 13.9 Å². The largest absolute Gasteiger partial charge is 0.497 e. The van der Waals surface area contributed by atoms with Gasteiger partial charge in [0.2, 0.25) is 12.7 Å². The van der Waals surface area contributed by atoms with Crippen molar-refractivity contribution < 1.29 is 28.6 Å². The average Bonchev–Trinajstić information content (AvgIpc) is 3.33. The van der Waals surface area contributed by atoms with Crippen molar-refractivity contribution in [3.05, 3.63) is 53.6 Å². The first-order valence-electron chi connectivity index (χ1n) is 9.80. The first-order chi connectivity index (χ1) is 14.8. The summed E-state index contributed by atoms with van der Waals surface area (Å²) in [4.78, 5) is 39.5. The lowest BCUT2D eigenvalue weighted by Gasteiger charge is -2.24. The minimum absolute atomic E-state index is 0.104. The van der Waals surface area contributed by atoms with E-state index in [1.165, 1.54) is 6.92 Å². The number of nitrogens with one attached hydrogen (secondary N) is 2. The molecule has 2 heterocycles. The van der Waals surface area contributed by atoms with Crippen LogP contribution in [0.15, 0.2) is 42.5 Å². The van der Waals surface area contributed by atoms with E-state index in [0.717, 1.165) is 10.5 Å². The summed E-state index contributed by atoms with van der Waals surface area (Å²) < 4.78 is 15.8. The van der Waals surface area contributed by atoms with E-state index in [-0.39, 0.29) is 13.3 Å². The van der Waals surface area contributed by atoms with Crippen molar-refractivity contribution in [1.29, 1.82) is 0 Å². The van der Waals surface area contributed by atoms with Crippen LogP contribution in [0, 0.1) is 0 Å². The van der Waals surface area contributed by atoms with Crippen LogP contribution in [0.1, 0.15) is 25.0 Å². The smallest absolute Gasteiger partial charge is 0.326 e. The number of nitrogens with zero attached hydrogens (tertiary/aromatic N) is 1. The Labute approximate surface area is 179 Å². The molecule has 2 aromatic carbocycles. The maximum atomic E-state index is 13.2. The normalized spacial score (nSPS) is 20.4. The molecule has 2 aliphatic heterocycles. The summed E-state index contributed by atoms with van der Waals surface area (Å²) >= 11 is 0. The highest BCUT2D eigenvalue weighted by Gasteiger charge is 2.52. The molecule has 1 fully saturated rings. The summed E-state index contributed by atoms with van der Waals surface area (Å²) in [6.45, 7) is 3.49. The second-order valence-corrected chi connectivity index (χ2v) is 7.54. The molecule has 0 unspecified atom stereocenters. The first kappa shape index (κ1) is 20.5. The molecule has 0 aromatic heterocycles. The number of urea groups is 1. The second kappa shape index (κ2) is 7.82. The first-order valence-corrected chi connectivity index (χ1v) is 9.80. The van der Waals surface area contributed by atoms with Gasteiger partial charge in [-0.05, 0) is 49.2 Å². The molecule has 1 saturated heterocycles. The third kappa shape index (κ3) is 3.63. The van der Waals surface area contributed by atoms with Crippen molar-refractivity contribution in [2.45, 2.75) is 32.0 Å². The monoisotopic (exact) mass is 425 g/mol. The van der Waals surface area contributed by atoms with Gasteiger partial charge in [0.05, 0.1) is 7.11 Å². The maximum absolute atomic E-state index is 13.2. The predicted octanol–water partition coefficient (Wildman–Crippen LogP) is 1.90. The van der Waals surface area contributed by atoms with Crippen LogP contribution < -0.4 is 24.8 Å². The molecule has 4 amide bonds. The van der Waals surface area contributed by atoms with Gasteiger partial charge in [0.15, 0.2) is 11.5 Å². The third-order valence-electron chi connectivity index (χ3n) is 5.56. The van der Waals surface area contributed by atoms with Crippen LogP contribution in [-0.2, 0) is 21.7 Å². The fraction of sp³-hybridized carbons (Fsp3) is 0.318. The lowest BCUT2D eigenvalue weighted by Crippen LogP contribution is -2.49. The van der Waals surface area contributed by atoms with Gasteiger partial charge in [-0.3, -0.25) is 9.59 Å². The summed E-state index contributed by atoms with van der Waals surface area (Å²) in [5, 5.41) is 5.47. The Hall–Kier alpha value is -3.75. The van der Waals surface area contributed by atoms with Crippen molar-refractivity contribution in [3.8, 4) is 17.2 Å². The number of amides is 4. The Morgan fingerprint density at radius 3 is 2.61 bits per heavy atom. The van der Waals surface area contributed by atoms with Gasteiger partial charge >= 0.3 is 6.03 Å². The van der Waals surface area contributed by atoms with Crippen LogP contribution in [0.25, 0.3) is 0 Å². The summed E-state index contributed by atoms with van der Waals surface area (Å²) in [6.07, 6.45) is 0. The highest BCUT2D eigenvalue weighted by atomic mass is 16.7. The van der Waals surface area contributed by atoms with E-state index in [4.69, 9.17) is 14.2 Å². The Morgan fingerprint density at radius 2 is 1.90 bits per heavy atom. The van der Waals surface area contributed by atoms with Gasteiger partial charge in [-0.1, -0.05) is 18.2 Å². The molecule has 0 spiro atoms. The van der Waals surface area contributed by atoms with Crippen LogP contribution in [0.3, 0.4) is 0 Å². The van der Waals surface area contributed by atoms with E-state index in [0.29, 0.717) is 22.8 Å². The van der Waals surface area contributed by atoms with Crippen molar-refractivity contribution in [3.63, 3.8) is 0 Å². The SMILES string of the molecule is COc1ccc(CNC(=O)[C@H](C)N2C(=O)N[C@@](C)(c3ccc4c(c3)OCO4)C2=O)cc1. The third-order valence-corrected chi connectivity index (χ3v) is 5.56. The summed E-state index contributed by atoms with van der Waals surface area (Å²) in [7, 11) is 1.58. The summed E-state index contributed by atoms with van der Waals surface area (Å²) in [6, 6.07) is 10.7. The van der Waals surface area contributed by atoms with E-state index in [1.54, 1.807) is 44.4 Å². The average molecular weight is 425 g/mol. The Morgan fingerprint density at radius 1 is 1.19 bits per heavy atom. The number of hydrogen-bond acceptors (Lipinski definition) is 6. The molecule has 0 aliphatic carbocycles. The highest BCUT2D eigenvalue weighted by Crippen LogP contribution is 2.38. The zero-order chi connectivity index (χ0) is 22.2. The number of carbonyl (C=O) groups is 3. The number of rotatable bonds is 6. The predicted molar refractivity (Wildman–Crippen MR) is 110 cm³/mol. The van der Waals surface area contributed by atoms with Gasteiger partial charge in [-0.25, -0.2) is 9.69 Å². The van der Waals surface area contributed by atoms with Crippen LogP contribution in [0.2, 0.25) is 0 Å². The minimum atomic E-state index is -1.32. The van der Waals surface area contributed by atoms with Crippen LogP contribution >= 0.6 is 0 Å². The van der Waals surface area contributed by atoms with Gasteiger partial charge < -0.3 is 24.8 Å². The van der Waals surface area contributed by atoms with E-state index in [2.05, 4.69) is 10.6 Å². The summed E-state index contributed by atoms with van der Waals surface area (Å²) in [5.74, 6) is 0.847. The lowest BCUT2D eigenvalue weighted by molar-refractivity contribution is -0.137. The van der Waals surface area contributed by atoms with Gasteiger partial charge in [-0.2, -0.15) is 0 Å². The molecular formula is C22H23N3O6. The molecule has 2 aliphatic rings. The van der Waals surface area contributed by atoms with Crippen LogP contribution in [-0.4, -0.2) is 42.7 Å². The minimum Gasteiger partial charge on any atom is -0.497 e. The maximum Gasteiger partial charge on any atom is 0.326 e. The molecule has 31 heavy (non-hydrogen) atoms. The standard InChI is InChI=1S/C22H23N3O6/c1-13(19(26)23-11-14-4-7-16(29-3)8-5-14)25-20(27)22(2,24-21(25)28)15-6-9-17-18(10-15)31-12-30-17/h4-10,13H,11-12H2,1-3H3,(H,23,26)(H,24,28)/t13-,22-/m0/s1. The number of imide groups is 1. The Bertz CT molecular complexity index is 1040. The number of methoxy groups -OCH3 is 1. The molecule has 162 valence electrons. The highest BCUT2D eigenvalue weighted by molar-refractivity contribution is 6.10. The summed E-state index contributed by atoms with van der Waals surface area (Å²) in [5.41, 5.74) is 0.0926. The quantitative estimate of drug-likeness (QED) is 0.685. The van der Waals surface area contributed by atoms with Crippen LogP contribution in [0.4, 0.5) is 4.79 Å². The molecule has 9 nitrogen and oxygen atoms in total. The Kier molecular flexibility index (Phi) is 5.18. The lowest BCUT2D eigenvalue weighted by atomic mass is 9.91. The van der Waals surface area contributed by atoms with Crippen molar-refractivity contribution in [2.24, 2.45) is 0 Å².